The zero-order chi connectivity index (χ0) is 16.7. The summed E-state index contributed by atoms with van der Waals surface area (Å²) >= 11 is 12.3. The fourth-order valence-corrected chi connectivity index (χ4v) is 2.94. The number of benzene rings is 1. The molecule has 0 unspecified atom stereocenters. The van der Waals surface area contributed by atoms with Crippen molar-refractivity contribution in [2.75, 3.05) is 6.54 Å². The number of aromatic nitrogens is 4. The van der Waals surface area contributed by atoms with Gasteiger partial charge in [-0.05, 0) is 30.3 Å². The van der Waals surface area contributed by atoms with Crippen LogP contribution in [-0.4, -0.2) is 32.2 Å². The molecule has 1 N–H and O–H groups in total. The van der Waals surface area contributed by atoms with Crippen molar-refractivity contribution in [3.8, 4) is 22.8 Å². The van der Waals surface area contributed by atoms with Crippen molar-refractivity contribution in [2.45, 2.75) is 6.54 Å². The van der Waals surface area contributed by atoms with Crippen molar-refractivity contribution in [1.29, 1.82) is 0 Å². The summed E-state index contributed by atoms with van der Waals surface area (Å²) in [5.41, 5.74) is 2.40. The third-order valence-corrected chi connectivity index (χ3v) is 4.27. The Balaban J connectivity index is 1.78. The van der Waals surface area contributed by atoms with Crippen LogP contribution in [0.1, 0.15) is 10.5 Å². The number of hydrogen-bond donors (Lipinski definition) is 1. The topological polar surface area (TPSA) is 72.7 Å². The van der Waals surface area contributed by atoms with E-state index >= 15 is 0 Å². The minimum Gasteiger partial charge on any atom is -0.349 e. The van der Waals surface area contributed by atoms with E-state index in [4.69, 9.17) is 23.2 Å². The first kappa shape index (κ1) is 15.1. The first-order chi connectivity index (χ1) is 11.6. The van der Waals surface area contributed by atoms with Gasteiger partial charge in [0.25, 0.3) is 5.91 Å². The van der Waals surface area contributed by atoms with Gasteiger partial charge in [-0.2, -0.15) is 5.10 Å². The number of nitrogens with one attached hydrogen (secondary N) is 1. The smallest absolute Gasteiger partial charge is 0.269 e. The zero-order valence-electron chi connectivity index (χ0n) is 12.3. The molecule has 6 nitrogen and oxygen atoms in total. The van der Waals surface area contributed by atoms with Crippen molar-refractivity contribution in [2.24, 2.45) is 0 Å². The molecule has 0 saturated heterocycles. The summed E-state index contributed by atoms with van der Waals surface area (Å²) in [6, 6.07) is 8.59. The second-order valence-electron chi connectivity index (χ2n) is 5.28. The van der Waals surface area contributed by atoms with Crippen LogP contribution in [0.2, 0.25) is 10.0 Å². The van der Waals surface area contributed by atoms with E-state index in [1.54, 1.807) is 41.2 Å². The second-order valence-corrected chi connectivity index (χ2v) is 6.13. The molecule has 0 fully saturated rings. The molecule has 0 aliphatic carbocycles. The Morgan fingerprint density at radius 1 is 1.12 bits per heavy atom. The lowest BCUT2D eigenvalue weighted by Crippen LogP contribution is -2.35. The van der Waals surface area contributed by atoms with Crippen LogP contribution >= 0.6 is 23.2 Å². The summed E-state index contributed by atoms with van der Waals surface area (Å²) in [4.78, 5) is 20.7. The van der Waals surface area contributed by atoms with Crippen LogP contribution in [0.3, 0.4) is 0 Å². The van der Waals surface area contributed by atoms with E-state index in [2.05, 4.69) is 20.4 Å². The van der Waals surface area contributed by atoms with Crippen LogP contribution in [0.4, 0.5) is 0 Å². The monoisotopic (exact) mass is 359 g/mol. The van der Waals surface area contributed by atoms with E-state index in [0.29, 0.717) is 51.6 Å². The quantitative estimate of drug-likeness (QED) is 0.762. The molecule has 1 aliphatic rings. The molecule has 120 valence electrons. The van der Waals surface area contributed by atoms with Gasteiger partial charge in [0.15, 0.2) is 5.82 Å². The minimum absolute atomic E-state index is 0.132. The van der Waals surface area contributed by atoms with Crippen molar-refractivity contribution in [3.05, 3.63) is 52.3 Å². The molecule has 0 radical (unpaired) electrons. The first-order valence-electron chi connectivity index (χ1n) is 7.27. The molecule has 0 bridgehead atoms. The Kier molecular flexibility index (Phi) is 3.70. The molecule has 2 aromatic heterocycles. The Morgan fingerprint density at radius 2 is 2.00 bits per heavy atom. The lowest BCUT2D eigenvalue weighted by atomic mass is 10.2. The predicted molar refractivity (Wildman–Crippen MR) is 91.0 cm³/mol. The average molecular weight is 360 g/mol. The van der Waals surface area contributed by atoms with Gasteiger partial charge in [0, 0.05) is 23.3 Å². The van der Waals surface area contributed by atoms with Gasteiger partial charge in [-0.25, -0.2) is 9.97 Å². The third kappa shape index (κ3) is 2.64. The molecule has 0 spiro atoms. The molecule has 3 heterocycles. The Bertz CT molecular complexity index is 953. The molecule has 24 heavy (non-hydrogen) atoms. The average Bonchev–Trinajstić information content (AvgIpc) is 3.03. The van der Waals surface area contributed by atoms with Crippen LogP contribution in [0.5, 0.6) is 0 Å². The molecule has 1 amide bonds. The fraction of sp³-hybridized carbons (Fsp3) is 0.125. The summed E-state index contributed by atoms with van der Waals surface area (Å²) in [5, 5.41) is 8.31. The number of rotatable bonds is 2. The Hall–Kier alpha value is -2.44. The lowest BCUT2D eigenvalue weighted by molar-refractivity contribution is 0.0924. The molecular weight excluding hydrogens is 349 g/mol. The summed E-state index contributed by atoms with van der Waals surface area (Å²) in [6.07, 6.45) is 1.63. The zero-order valence-corrected chi connectivity index (χ0v) is 13.8. The van der Waals surface area contributed by atoms with Crippen molar-refractivity contribution >= 4 is 29.1 Å². The largest absolute Gasteiger partial charge is 0.349 e. The van der Waals surface area contributed by atoms with Crippen molar-refractivity contribution in [1.82, 2.24) is 25.1 Å². The van der Waals surface area contributed by atoms with E-state index in [-0.39, 0.29) is 5.91 Å². The SMILES string of the molecule is O=C1NCCn2nc(-c3ccnc(-c4cc(Cl)ccc4Cl)n3)cc21. The van der Waals surface area contributed by atoms with Gasteiger partial charge in [-0.1, -0.05) is 23.2 Å². The number of carbonyl (C=O) groups is 1. The molecule has 0 atom stereocenters. The molecule has 1 aromatic carbocycles. The molecular formula is C16H11Cl2N5O. The van der Waals surface area contributed by atoms with E-state index in [9.17, 15) is 4.79 Å². The van der Waals surface area contributed by atoms with E-state index in [0.717, 1.165) is 0 Å². The van der Waals surface area contributed by atoms with Gasteiger partial charge in [-0.3, -0.25) is 9.48 Å². The highest BCUT2D eigenvalue weighted by atomic mass is 35.5. The molecule has 4 rings (SSSR count). The maximum Gasteiger partial charge on any atom is 0.269 e. The van der Waals surface area contributed by atoms with Crippen molar-refractivity contribution in [3.63, 3.8) is 0 Å². The standard InChI is InChI=1S/C16H11Cl2N5O/c17-9-1-2-11(18)10(7-9)15-19-4-3-12(21-15)13-8-14-16(24)20-5-6-23(14)22-13/h1-4,7-8H,5-6H2,(H,20,24). The summed E-state index contributed by atoms with van der Waals surface area (Å²) < 4.78 is 1.68. The van der Waals surface area contributed by atoms with Gasteiger partial charge in [0.2, 0.25) is 0 Å². The Morgan fingerprint density at radius 3 is 2.83 bits per heavy atom. The van der Waals surface area contributed by atoms with Crippen LogP contribution in [-0.2, 0) is 6.54 Å². The van der Waals surface area contributed by atoms with E-state index in [1.165, 1.54) is 0 Å². The first-order valence-corrected chi connectivity index (χ1v) is 8.02. The normalized spacial score (nSPS) is 13.5. The van der Waals surface area contributed by atoms with E-state index in [1.807, 2.05) is 0 Å². The summed E-state index contributed by atoms with van der Waals surface area (Å²) in [5.74, 6) is 0.322. The van der Waals surface area contributed by atoms with Gasteiger partial charge >= 0.3 is 0 Å². The van der Waals surface area contributed by atoms with Gasteiger partial charge < -0.3 is 5.32 Å². The van der Waals surface area contributed by atoms with Crippen LogP contribution in [0.25, 0.3) is 22.8 Å². The molecule has 0 saturated carbocycles. The van der Waals surface area contributed by atoms with Crippen LogP contribution < -0.4 is 5.32 Å². The highest BCUT2D eigenvalue weighted by Gasteiger charge is 2.20. The van der Waals surface area contributed by atoms with Crippen LogP contribution in [0.15, 0.2) is 36.5 Å². The number of nitrogens with zero attached hydrogens (tertiary/aromatic N) is 4. The number of carbonyl (C=O) groups excluding carboxylic acids is 1. The predicted octanol–water partition coefficient (Wildman–Crippen LogP) is 3.06. The summed E-state index contributed by atoms with van der Waals surface area (Å²) in [7, 11) is 0. The third-order valence-electron chi connectivity index (χ3n) is 3.71. The minimum atomic E-state index is -0.132. The highest BCUT2D eigenvalue weighted by Crippen LogP contribution is 2.29. The second kappa shape index (κ2) is 5.89. The molecule has 8 heteroatoms. The number of fused-ring (bicyclic) bond motifs is 1. The highest BCUT2D eigenvalue weighted by molar-refractivity contribution is 6.35. The van der Waals surface area contributed by atoms with E-state index < -0.39 is 0 Å². The summed E-state index contributed by atoms with van der Waals surface area (Å²) in [6.45, 7) is 1.21. The lowest BCUT2D eigenvalue weighted by Gasteiger charge is -2.13. The van der Waals surface area contributed by atoms with Gasteiger partial charge in [-0.15, -0.1) is 0 Å². The molecule has 3 aromatic rings. The fourth-order valence-electron chi connectivity index (χ4n) is 2.56. The van der Waals surface area contributed by atoms with Crippen LogP contribution in [0, 0.1) is 0 Å². The number of amides is 1. The Labute approximate surface area is 147 Å². The number of halogens is 2. The van der Waals surface area contributed by atoms with Crippen molar-refractivity contribution < 1.29 is 4.79 Å². The number of hydrogen-bond acceptors (Lipinski definition) is 4. The maximum atomic E-state index is 11.9. The van der Waals surface area contributed by atoms with Gasteiger partial charge in [0.05, 0.1) is 17.3 Å². The molecule has 1 aliphatic heterocycles. The van der Waals surface area contributed by atoms with Gasteiger partial charge in [0.1, 0.15) is 11.4 Å². The maximum absolute atomic E-state index is 11.9.